The van der Waals surface area contributed by atoms with Gasteiger partial charge in [-0.05, 0) is 17.7 Å². The van der Waals surface area contributed by atoms with Crippen LogP contribution < -0.4 is 4.74 Å². The number of hydrogen-bond acceptors (Lipinski definition) is 1. The number of rotatable bonds is 3. The summed E-state index contributed by atoms with van der Waals surface area (Å²) in [6.45, 7) is 0.482. The predicted molar refractivity (Wildman–Crippen MR) is 66.1 cm³/mol. The monoisotopic (exact) mass is 251 g/mol. The fourth-order valence-corrected chi connectivity index (χ4v) is 1.71. The molecular formula is C13H9Cl2O. The minimum Gasteiger partial charge on any atom is -0.487 e. The maximum atomic E-state index is 5.97. The summed E-state index contributed by atoms with van der Waals surface area (Å²) in [6.07, 6.45) is 0. The van der Waals surface area contributed by atoms with E-state index in [1.807, 2.05) is 30.3 Å². The Morgan fingerprint density at radius 2 is 1.88 bits per heavy atom. The quantitative estimate of drug-likeness (QED) is 0.787. The molecule has 3 heteroatoms. The third-order valence-corrected chi connectivity index (χ3v) is 2.58. The van der Waals surface area contributed by atoms with Crippen molar-refractivity contribution in [3.05, 3.63) is 64.1 Å². The Labute approximate surface area is 105 Å². The molecule has 0 aliphatic carbocycles. The van der Waals surface area contributed by atoms with Gasteiger partial charge in [0.2, 0.25) is 0 Å². The molecule has 0 spiro atoms. The highest BCUT2D eigenvalue weighted by atomic mass is 35.5. The number of hydrogen-bond donors (Lipinski definition) is 0. The van der Waals surface area contributed by atoms with E-state index in [-0.39, 0.29) is 0 Å². The minimum atomic E-state index is 0.482. The molecule has 0 heterocycles. The summed E-state index contributed by atoms with van der Waals surface area (Å²) in [7, 11) is 0. The molecule has 0 saturated heterocycles. The molecule has 0 fully saturated rings. The first-order chi connectivity index (χ1) is 7.75. The zero-order valence-electron chi connectivity index (χ0n) is 8.41. The van der Waals surface area contributed by atoms with Crippen LogP contribution in [0.1, 0.15) is 5.56 Å². The molecule has 2 rings (SSSR count). The maximum absolute atomic E-state index is 5.97. The van der Waals surface area contributed by atoms with E-state index in [1.54, 1.807) is 12.1 Å². The van der Waals surface area contributed by atoms with Crippen LogP contribution in [0.25, 0.3) is 0 Å². The van der Waals surface area contributed by atoms with E-state index >= 15 is 0 Å². The zero-order valence-corrected chi connectivity index (χ0v) is 9.92. The summed E-state index contributed by atoms with van der Waals surface area (Å²) in [6, 6.07) is 16.0. The van der Waals surface area contributed by atoms with Crippen molar-refractivity contribution in [2.24, 2.45) is 0 Å². The van der Waals surface area contributed by atoms with Crippen LogP contribution in [0.5, 0.6) is 5.75 Å². The summed E-state index contributed by atoms with van der Waals surface area (Å²) in [5, 5.41) is 0.983. The average molecular weight is 252 g/mol. The smallest absolute Gasteiger partial charge is 0.139 e. The van der Waals surface area contributed by atoms with Crippen molar-refractivity contribution < 1.29 is 4.74 Å². The highest BCUT2D eigenvalue weighted by Crippen LogP contribution is 2.27. The highest BCUT2D eigenvalue weighted by molar-refractivity contribution is 6.35. The number of halogens is 2. The second-order valence-electron chi connectivity index (χ2n) is 3.27. The van der Waals surface area contributed by atoms with Crippen molar-refractivity contribution in [1.29, 1.82) is 0 Å². The largest absolute Gasteiger partial charge is 0.487 e. The van der Waals surface area contributed by atoms with Gasteiger partial charge in [-0.15, -0.1) is 0 Å². The molecule has 0 amide bonds. The van der Waals surface area contributed by atoms with E-state index in [0.717, 1.165) is 5.56 Å². The molecule has 81 valence electrons. The van der Waals surface area contributed by atoms with Crippen LogP contribution in [0.3, 0.4) is 0 Å². The lowest BCUT2D eigenvalue weighted by Crippen LogP contribution is -1.95. The molecule has 1 radical (unpaired) electrons. The lowest BCUT2D eigenvalue weighted by atomic mass is 10.2. The molecule has 2 aromatic rings. The first-order valence-electron chi connectivity index (χ1n) is 4.79. The second kappa shape index (κ2) is 5.24. The molecule has 0 N–H and O–H groups in total. The van der Waals surface area contributed by atoms with Crippen molar-refractivity contribution in [3.63, 3.8) is 0 Å². The molecule has 0 atom stereocenters. The first kappa shape index (κ1) is 11.3. The average Bonchev–Trinajstić information content (AvgIpc) is 2.29. The molecule has 0 aromatic heterocycles. The molecule has 0 bridgehead atoms. The third kappa shape index (κ3) is 2.91. The van der Waals surface area contributed by atoms with Gasteiger partial charge in [0.05, 0.1) is 10.0 Å². The number of ether oxygens (including phenoxy) is 1. The van der Waals surface area contributed by atoms with Gasteiger partial charge >= 0.3 is 0 Å². The fourth-order valence-electron chi connectivity index (χ4n) is 1.27. The summed E-state index contributed by atoms with van der Waals surface area (Å²) in [5.74, 6) is 0.593. The number of benzene rings is 2. The van der Waals surface area contributed by atoms with E-state index in [2.05, 4.69) is 6.07 Å². The minimum absolute atomic E-state index is 0.482. The van der Waals surface area contributed by atoms with Crippen molar-refractivity contribution in [2.45, 2.75) is 6.61 Å². The van der Waals surface area contributed by atoms with Gasteiger partial charge in [-0.2, -0.15) is 0 Å². The van der Waals surface area contributed by atoms with Gasteiger partial charge in [-0.3, -0.25) is 0 Å². The van der Waals surface area contributed by atoms with Gasteiger partial charge in [0, 0.05) is 6.07 Å². The highest BCUT2D eigenvalue weighted by Gasteiger charge is 2.02. The van der Waals surface area contributed by atoms with Crippen molar-refractivity contribution in [3.8, 4) is 5.75 Å². The molecule has 0 unspecified atom stereocenters. The SMILES string of the molecule is Clc1[c]cc(OCc2ccccc2)c(Cl)c1. The summed E-state index contributed by atoms with van der Waals surface area (Å²) < 4.78 is 5.56. The topological polar surface area (TPSA) is 9.23 Å². The standard InChI is InChI=1S/C13H9Cl2O/c14-11-6-7-13(12(15)8-11)16-9-10-4-2-1-3-5-10/h1-5,7-8H,9H2. The Balaban J connectivity index is 2.05. The van der Waals surface area contributed by atoms with Gasteiger partial charge in [-0.1, -0.05) is 53.5 Å². The molecule has 0 aliphatic rings. The Bertz CT molecular complexity index is 469. The van der Waals surface area contributed by atoms with Crippen LogP contribution in [0.2, 0.25) is 10.0 Å². The van der Waals surface area contributed by atoms with Gasteiger partial charge in [0.15, 0.2) is 0 Å². The van der Waals surface area contributed by atoms with E-state index < -0.39 is 0 Å². The van der Waals surface area contributed by atoms with Crippen LogP contribution >= 0.6 is 23.2 Å². The molecule has 1 nitrogen and oxygen atoms in total. The Kier molecular flexibility index (Phi) is 3.70. The zero-order chi connectivity index (χ0) is 11.4. The molecular weight excluding hydrogens is 243 g/mol. The molecule has 0 aliphatic heterocycles. The summed E-state index contributed by atoms with van der Waals surface area (Å²) in [5.41, 5.74) is 1.09. The first-order valence-corrected chi connectivity index (χ1v) is 5.55. The fraction of sp³-hybridized carbons (Fsp3) is 0.0769. The van der Waals surface area contributed by atoms with Gasteiger partial charge in [-0.25, -0.2) is 0 Å². The lowest BCUT2D eigenvalue weighted by molar-refractivity contribution is 0.306. The van der Waals surface area contributed by atoms with Gasteiger partial charge in [0.25, 0.3) is 0 Å². The molecule has 2 aromatic carbocycles. The normalized spacial score (nSPS) is 10.1. The van der Waals surface area contributed by atoms with Crippen LogP contribution in [0.15, 0.2) is 42.5 Å². The van der Waals surface area contributed by atoms with Crippen LogP contribution in [0.4, 0.5) is 0 Å². The van der Waals surface area contributed by atoms with E-state index in [0.29, 0.717) is 22.4 Å². The second-order valence-corrected chi connectivity index (χ2v) is 4.08. The van der Waals surface area contributed by atoms with E-state index in [4.69, 9.17) is 27.9 Å². The Morgan fingerprint density at radius 3 is 2.56 bits per heavy atom. The Hall–Kier alpha value is -1.18. The summed E-state index contributed by atoms with van der Waals surface area (Å²) >= 11 is 11.7. The van der Waals surface area contributed by atoms with Crippen molar-refractivity contribution in [2.75, 3.05) is 0 Å². The van der Waals surface area contributed by atoms with Crippen molar-refractivity contribution >= 4 is 23.2 Å². The Morgan fingerprint density at radius 1 is 1.12 bits per heavy atom. The van der Waals surface area contributed by atoms with Crippen LogP contribution in [-0.4, -0.2) is 0 Å². The van der Waals surface area contributed by atoms with Gasteiger partial charge in [0.1, 0.15) is 12.4 Å². The lowest BCUT2D eigenvalue weighted by Gasteiger charge is -2.07. The summed E-state index contributed by atoms with van der Waals surface area (Å²) in [4.78, 5) is 0. The van der Waals surface area contributed by atoms with Crippen molar-refractivity contribution in [1.82, 2.24) is 0 Å². The van der Waals surface area contributed by atoms with Crippen LogP contribution in [-0.2, 0) is 6.61 Å². The maximum Gasteiger partial charge on any atom is 0.139 e. The predicted octanol–water partition coefficient (Wildman–Crippen LogP) is 4.37. The molecule has 16 heavy (non-hydrogen) atoms. The van der Waals surface area contributed by atoms with Gasteiger partial charge < -0.3 is 4.74 Å². The van der Waals surface area contributed by atoms with E-state index in [1.165, 1.54) is 0 Å². The third-order valence-electron chi connectivity index (χ3n) is 2.07. The van der Waals surface area contributed by atoms with Crippen LogP contribution in [0, 0.1) is 6.07 Å². The van der Waals surface area contributed by atoms with E-state index in [9.17, 15) is 0 Å². The molecule has 0 saturated carbocycles.